The molecule has 0 atom stereocenters. The SMILES string of the molecule is CCn1c(C)[n+](CCN2CCCCC2)c2cc(Cl)c(Cl)cc21.Cl.[Cl-]. The molecule has 1 aliphatic heterocycles. The molecule has 0 amide bonds. The van der Waals surface area contributed by atoms with E-state index in [1.165, 1.54) is 49.2 Å². The van der Waals surface area contributed by atoms with Crippen LogP contribution in [0.2, 0.25) is 10.0 Å². The lowest BCUT2D eigenvalue weighted by molar-refractivity contribution is -0.678. The van der Waals surface area contributed by atoms with Crippen LogP contribution in [-0.2, 0) is 13.1 Å². The maximum atomic E-state index is 6.25. The van der Waals surface area contributed by atoms with Gasteiger partial charge in [-0.2, -0.15) is 0 Å². The number of hydrogen-bond donors (Lipinski definition) is 0. The first kappa shape index (κ1) is 21.9. The molecule has 2 aromatic rings. The molecule has 0 spiro atoms. The van der Waals surface area contributed by atoms with Crippen molar-refractivity contribution in [3.8, 4) is 0 Å². The number of hydrogen-bond acceptors (Lipinski definition) is 1. The highest BCUT2D eigenvalue weighted by molar-refractivity contribution is 6.42. The van der Waals surface area contributed by atoms with Crippen LogP contribution in [0, 0.1) is 6.92 Å². The Kier molecular flexibility index (Phi) is 8.64. The average Bonchev–Trinajstić information content (AvgIpc) is 2.77. The molecule has 0 N–H and O–H groups in total. The van der Waals surface area contributed by atoms with Crippen LogP contribution in [0.5, 0.6) is 0 Å². The predicted octanol–water partition coefficient (Wildman–Crippen LogP) is 1.48. The number of aromatic nitrogens is 2. The van der Waals surface area contributed by atoms with E-state index in [2.05, 4.69) is 27.9 Å². The van der Waals surface area contributed by atoms with Crippen LogP contribution in [0.4, 0.5) is 0 Å². The summed E-state index contributed by atoms with van der Waals surface area (Å²) < 4.78 is 4.70. The number of likely N-dealkylation sites (tertiary alicyclic amines) is 1. The van der Waals surface area contributed by atoms with Crippen LogP contribution in [-0.4, -0.2) is 29.1 Å². The second-order valence-electron chi connectivity index (χ2n) is 6.10. The molecule has 7 heteroatoms. The first-order valence-electron chi connectivity index (χ1n) is 8.22. The molecule has 0 aliphatic carbocycles. The van der Waals surface area contributed by atoms with Gasteiger partial charge in [0.15, 0.2) is 11.0 Å². The smallest absolute Gasteiger partial charge is 0.254 e. The minimum Gasteiger partial charge on any atom is -1.00 e. The summed E-state index contributed by atoms with van der Waals surface area (Å²) in [5.41, 5.74) is 2.36. The van der Waals surface area contributed by atoms with Gasteiger partial charge in [-0.05, 0) is 32.9 Å². The molecule has 1 aliphatic rings. The number of halogens is 4. The largest absolute Gasteiger partial charge is 1.00 e. The highest BCUT2D eigenvalue weighted by Gasteiger charge is 2.23. The quantitative estimate of drug-likeness (QED) is 0.692. The first-order valence-corrected chi connectivity index (χ1v) is 8.97. The van der Waals surface area contributed by atoms with Gasteiger partial charge in [-0.3, -0.25) is 4.90 Å². The first-order chi connectivity index (χ1) is 10.6. The van der Waals surface area contributed by atoms with Gasteiger partial charge < -0.3 is 12.4 Å². The number of benzene rings is 1. The predicted molar refractivity (Wildman–Crippen MR) is 100 cm³/mol. The number of piperidine rings is 1. The summed E-state index contributed by atoms with van der Waals surface area (Å²) in [7, 11) is 0. The number of aryl methyl sites for hydroxylation is 1. The molecule has 0 radical (unpaired) electrons. The topological polar surface area (TPSA) is 12.0 Å². The molecule has 1 saturated heterocycles. The number of rotatable bonds is 4. The number of imidazole rings is 1. The third-order valence-electron chi connectivity index (χ3n) is 4.79. The normalized spacial score (nSPS) is 15.2. The van der Waals surface area contributed by atoms with Crippen molar-refractivity contribution in [2.24, 2.45) is 0 Å². The fraction of sp³-hybridized carbons (Fsp3) is 0.588. The Morgan fingerprint density at radius 3 is 2.33 bits per heavy atom. The van der Waals surface area contributed by atoms with Crippen molar-refractivity contribution < 1.29 is 17.0 Å². The van der Waals surface area contributed by atoms with Crippen LogP contribution < -0.4 is 17.0 Å². The van der Waals surface area contributed by atoms with Gasteiger partial charge in [0, 0.05) is 25.6 Å². The third-order valence-corrected chi connectivity index (χ3v) is 5.51. The Morgan fingerprint density at radius 2 is 1.71 bits per heavy atom. The zero-order valence-corrected chi connectivity index (χ0v) is 17.3. The van der Waals surface area contributed by atoms with Gasteiger partial charge in [0.05, 0.1) is 16.6 Å². The zero-order chi connectivity index (χ0) is 15.7. The maximum absolute atomic E-state index is 6.25. The van der Waals surface area contributed by atoms with E-state index in [1.807, 2.05) is 12.1 Å². The van der Waals surface area contributed by atoms with Gasteiger partial charge in [0.25, 0.3) is 5.82 Å². The van der Waals surface area contributed by atoms with E-state index >= 15 is 0 Å². The summed E-state index contributed by atoms with van der Waals surface area (Å²) in [6.45, 7) is 9.88. The number of nitrogens with zero attached hydrogens (tertiary/aromatic N) is 3. The monoisotopic (exact) mass is 411 g/mol. The van der Waals surface area contributed by atoms with Crippen LogP contribution in [0.25, 0.3) is 11.0 Å². The molecular formula is C17H25Cl4N3. The molecule has 2 heterocycles. The molecule has 1 aromatic carbocycles. The van der Waals surface area contributed by atoms with Crippen molar-refractivity contribution in [1.82, 2.24) is 9.47 Å². The second-order valence-corrected chi connectivity index (χ2v) is 6.91. The Labute approximate surface area is 166 Å². The lowest BCUT2D eigenvalue weighted by atomic mass is 10.1. The molecule has 1 aromatic heterocycles. The van der Waals surface area contributed by atoms with E-state index in [0.717, 1.165) is 19.6 Å². The molecule has 3 rings (SSSR count). The summed E-state index contributed by atoms with van der Waals surface area (Å²) in [5.74, 6) is 1.27. The summed E-state index contributed by atoms with van der Waals surface area (Å²) in [6.07, 6.45) is 4.05. The minimum atomic E-state index is 0. The molecule has 1 fully saturated rings. The molecule has 0 unspecified atom stereocenters. The van der Waals surface area contributed by atoms with Gasteiger partial charge in [0.2, 0.25) is 0 Å². The number of fused-ring (bicyclic) bond motifs is 1. The second kappa shape index (κ2) is 9.49. The Bertz CT molecular complexity index is 678. The van der Waals surface area contributed by atoms with Crippen LogP contribution in [0.1, 0.15) is 32.0 Å². The molecule has 3 nitrogen and oxygen atoms in total. The van der Waals surface area contributed by atoms with Crippen molar-refractivity contribution in [1.29, 1.82) is 0 Å². The van der Waals surface area contributed by atoms with E-state index in [4.69, 9.17) is 23.2 Å². The van der Waals surface area contributed by atoms with Crippen LogP contribution >= 0.6 is 35.6 Å². The van der Waals surface area contributed by atoms with E-state index in [0.29, 0.717) is 10.0 Å². The molecule has 24 heavy (non-hydrogen) atoms. The third kappa shape index (κ3) is 4.31. The Balaban J connectivity index is 0.00000144. The van der Waals surface area contributed by atoms with E-state index in [-0.39, 0.29) is 24.8 Å². The Hall–Kier alpha value is -0.190. The highest BCUT2D eigenvalue weighted by Crippen LogP contribution is 2.27. The summed E-state index contributed by atoms with van der Waals surface area (Å²) in [5, 5.41) is 1.26. The van der Waals surface area contributed by atoms with Gasteiger partial charge in [-0.25, -0.2) is 9.13 Å². The summed E-state index contributed by atoms with van der Waals surface area (Å²) in [6, 6.07) is 4.00. The van der Waals surface area contributed by atoms with Crippen LogP contribution in [0.3, 0.4) is 0 Å². The van der Waals surface area contributed by atoms with Gasteiger partial charge in [0.1, 0.15) is 6.54 Å². The molecule has 136 valence electrons. The minimum absolute atomic E-state index is 0. The van der Waals surface area contributed by atoms with E-state index in [1.54, 1.807) is 0 Å². The summed E-state index contributed by atoms with van der Waals surface area (Å²) >= 11 is 12.5. The molecule has 0 bridgehead atoms. The Morgan fingerprint density at radius 1 is 1.08 bits per heavy atom. The van der Waals surface area contributed by atoms with E-state index < -0.39 is 0 Å². The lowest BCUT2D eigenvalue weighted by Crippen LogP contribution is -3.00. The van der Waals surface area contributed by atoms with Gasteiger partial charge in [-0.1, -0.05) is 29.6 Å². The highest BCUT2D eigenvalue weighted by atomic mass is 35.5. The average molecular weight is 413 g/mol. The van der Waals surface area contributed by atoms with Crippen molar-refractivity contribution in [2.75, 3.05) is 19.6 Å². The summed E-state index contributed by atoms with van der Waals surface area (Å²) in [4.78, 5) is 2.57. The van der Waals surface area contributed by atoms with Crippen molar-refractivity contribution >= 4 is 46.6 Å². The maximum Gasteiger partial charge on any atom is 0.254 e. The molecule has 0 saturated carbocycles. The van der Waals surface area contributed by atoms with Gasteiger partial charge in [-0.15, -0.1) is 12.4 Å². The molecular weight excluding hydrogens is 388 g/mol. The van der Waals surface area contributed by atoms with Crippen molar-refractivity contribution in [2.45, 2.75) is 46.2 Å². The van der Waals surface area contributed by atoms with Crippen molar-refractivity contribution in [3.63, 3.8) is 0 Å². The fourth-order valence-corrected chi connectivity index (χ4v) is 3.87. The standard InChI is InChI=1S/C17H24Cl2N3.2ClH/c1-3-21-13(2)22(10-9-20-7-5-4-6-8-20)17-12-15(19)14(18)11-16(17)21;;/h11-12H,3-10H2,1-2H3;2*1H/q+1;;/p-1. The fourth-order valence-electron chi connectivity index (χ4n) is 3.56. The lowest BCUT2D eigenvalue weighted by Gasteiger charge is -2.25. The van der Waals surface area contributed by atoms with Crippen LogP contribution in [0.15, 0.2) is 12.1 Å². The zero-order valence-electron chi connectivity index (χ0n) is 14.2. The van der Waals surface area contributed by atoms with E-state index in [9.17, 15) is 0 Å². The van der Waals surface area contributed by atoms with Crippen molar-refractivity contribution in [3.05, 3.63) is 28.0 Å². The van der Waals surface area contributed by atoms with Gasteiger partial charge >= 0.3 is 0 Å².